The number of halogens is 2. The fourth-order valence-corrected chi connectivity index (χ4v) is 2.28. The molecule has 0 unspecified atom stereocenters. The molecule has 1 aliphatic heterocycles. The zero-order chi connectivity index (χ0) is 14.2. The summed E-state index contributed by atoms with van der Waals surface area (Å²) < 4.78 is 6.40. The number of nitrogens with one attached hydrogen (secondary N) is 2. The van der Waals surface area contributed by atoms with Crippen LogP contribution in [0.25, 0.3) is 0 Å². The molecule has 1 amide bonds. The van der Waals surface area contributed by atoms with Gasteiger partial charge in [0.25, 0.3) is 5.91 Å². The predicted molar refractivity (Wildman–Crippen MR) is 89.2 cm³/mol. The molecular formula is C14H21BrClN3O2. The summed E-state index contributed by atoms with van der Waals surface area (Å²) in [6.45, 7) is 5.77. The van der Waals surface area contributed by atoms with Gasteiger partial charge in [0.1, 0.15) is 5.75 Å². The molecule has 1 fully saturated rings. The number of piperazine rings is 1. The first-order valence-electron chi connectivity index (χ1n) is 6.82. The van der Waals surface area contributed by atoms with Gasteiger partial charge < -0.3 is 15.4 Å². The summed E-state index contributed by atoms with van der Waals surface area (Å²) in [5.74, 6) is 0.619. The highest BCUT2D eigenvalue weighted by atomic mass is 79.9. The molecule has 2 N–H and O–H groups in total. The second kappa shape index (κ2) is 10.00. The molecular weight excluding hydrogens is 358 g/mol. The van der Waals surface area contributed by atoms with Gasteiger partial charge in [-0.3, -0.25) is 9.69 Å². The number of rotatable bonds is 6. The molecule has 0 radical (unpaired) electrons. The number of hydrogen-bond acceptors (Lipinski definition) is 4. The van der Waals surface area contributed by atoms with Crippen LogP contribution < -0.4 is 15.4 Å². The number of hydrogen-bond donors (Lipinski definition) is 2. The Morgan fingerprint density at radius 1 is 1.29 bits per heavy atom. The predicted octanol–water partition coefficient (Wildman–Crippen LogP) is 1.27. The molecule has 1 heterocycles. The Labute approximate surface area is 140 Å². The molecule has 1 aliphatic rings. The van der Waals surface area contributed by atoms with Gasteiger partial charge >= 0.3 is 0 Å². The average Bonchev–Trinajstić information content (AvgIpc) is 2.48. The van der Waals surface area contributed by atoms with Crippen molar-refractivity contribution in [3.8, 4) is 5.75 Å². The SMILES string of the molecule is Cl.O=C(COc1ccc(Br)cc1)NCCN1CCNCC1. The van der Waals surface area contributed by atoms with E-state index in [2.05, 4.69) is 31.5 Å². The maximum Gasteiger partial charge on any atom is 0.257 e. The van der Waals surface area contributed by atoms with Gasteiger partial charge in [0, 0.05) is 43.7 Å². The zero-order valence-corrected chi connectivity index (χ0v) is 14.2. The molecule has 5 nitrogen and oxygen atoms in total. The van der Waals surface area contributed by atoms with Crippen LogP contribution in [0, 0.1) is 0 Å². The Hall–Kier alpha value is -0.820. The van der Waals surface area contributed by atoms with Crippen LogP contribution in [-0.4, -0.2) is 56.7 Å². The topological polar surface area (TPSA) is 53.6 Å². The number of nitrogens with zero attached hydrogens (tertiary/aromatic N) is 1. The van der Waals surface area contributed by atoms with Crippen LogP contribution in [0.1, 0.15) is 0 Å². The lowest BCUT2D eigenvalue weighted by molar-refractivity contribution is -0.123. The van der Waals surface area contributed by atoms with Crippen LogP contribution in [0.2, 0.25) is 0 Å². The van der Waals surface area contributed by atoms with Crippen molar-refractivity contribution in [2.24, 2.45) is 0 Å². The van der Waals surface area contributed by atoms with Crippen molar-refractivity contribution in [3.05, 3.63) is 28.7 Å². The summed E-state index contributed by atoms with van der Waals surface area (Å²) in [4.78, 5) is 14.0. The van der Waals surface area contributed by atoms with Crippen molar-refractivity contribution in [2.75, 3.05) is 45.9 Å². The number of benzene rings is 1. The minimum Gasteiger partial charge on any atom is -0.484 e. The second-order valence-corrected chi connectivity index (χ2v) is 5.60. The molecule has 0 spiro atoms. The van der Waals surface area contributed by atoms with E-state index in [-0.39, 0.29) is 24.9 Å². The number of carbonyl (C=O) groups is 1. The highest BCUT2D eigenvalue weighted by molar-refractivity contribution is 9.10. The molecule has 2 rings (SSSR count). The summed E-state index contributed by atoms with van der Waals surface area (Å²) in [7, 11) is 0. The summed E-state index contributed by atoms with van der Waals surface area (Å²) >= 11 is 3.35. The summed E-state index contributed by atoms with van der Waals surface area (Å²) in [5, 5.41) is 6.18. The molecule has 118 valence electrons. The van der Waals surface area contributed by atoms with E-state index >= 15 is 0 Å². The smallest absolute Gasteiger partial charge is 0.257 e. The Kier molecular flexibility index (Phi) is 8.68. The third-order valence-corrected chi connectivity index (χ3v) is 3.67. The summed E-state index contributed by atoms with van der Waals surface area (Å²) in [6.07, 6.45) is 0. The summed E-state index contributed by atoms with van der Waals surface area (Å²) in [5.41, 5.74) is 0. The third-order valence-electron chi connectivity index (χ3n) is 3.14. The fourth-order valence-electron chi connectivity index (χ4n) is 2.02. The first-order chi connectivity index (χ1) is 9.74. The number of amides is 1. The van der Waals surface area contributed by atoms with E-state index in [9.17, 15) is 4.79 Å². The monoisotopic (exact) mass is 377 g/mol. The lowest BCUT2D eigenvalue weighted by atomic mass is 10.3. The summed E-state index contributed by atoms with van der Waals surface area (Å²) in [6, 6.07) is 7.44. The highest BCUT2D eigenvalue weighted by Crippen LogP contribution is 2.15. The largest absolute Gasteiger partial charge is 0.484 e. The van der Waals surface area contributed by atoms with Gasteiger partial charge in [-0.05, 0) is 24.3 Å². The van der Waals surface area contributed by atoms with E-state index in [0.717, 1.165) is 37.2 Å². The standard InChI is InChI=1S/C14H20BrN3O2.ClH/c15-12-1-3-13(4-2-12)20-11-14(19)17-7-10-18-8-5-16-6-9-18;/h1-4,16H,5-11H2,(H,17,19);1H. The molecule has 0 bridgehead atoms. The van der Waals surface area contributed by atoms with Gasteiger partial charge in [-0.1, -0.05) is 15.9 Å². The van der Waals surface area contributed by atoms with Gasteiger partial charge in [-0.15, -0.1) is 12.4 Å². The van der Waals surface area contributed by atoms with Crippen molar-refractivity contribution in [1.82, 2.24) is 15.5 Å². The molecule has 0 atom stereocenters. The fraction of sp³-hybridized carbons (Fsp3) is 0.500. The Morgan fingerprint density at radius 3 is 2.62 bits per heavy atom. The third kappa shape index (κ3) is 7.13. The van der Waals surface area contributed by atoms with E-state index < -0.39 is 0 Å². The second-order valence-electron chi connectivity index (χ2n) is 4.68. The van der Waals surface area contributed by atoms with Crippen molar-refractivity contribution >= 4 is 34.2 Å². The first kappa shape index (κ1) is 18.2. The van der Waals surface area contributed by atoms with Gasteiger partial charge in [0.2, 0.25) is 0 Å². The first-order valence-corrected chi connectivity index (χ1v) is 7.61. The van der Waals surface area contributed by atoms with Crippen molar-refractivity contribution in [2.45, 2.75) is 0 Å². The quantitative estimate of drug-likeness (QED) is 0.783. The zero-order valence-electron chi connectivity index (χ0n) is 11.8. The Morgan fingerprint density at radius 2 is 1.95 bits per heavy atom. The van der Waals surface area contributed by atoms with Crippen LogP contribution in [0.5, 0.6) is 5.75 Å². The molecule has 21 heavy (non-hydrogen) atoms. The maximum atomic E-state index is 11.6. The van der Waals surface area contributed by atoms with E-state index in [0.29, 0.717) is 12.3 Å². The average molecular weight is 379 g/mol. The van der Waals surface area contributed by atoms with Crippen LogP contribution >= 0.6 is 28.3 Å². The minimum atomic E-state index is -0.0805. The molecule has 1 aromatic carbocycles. The van der Waals surface area contributed by atoms with Crippen LogP contribution in [-0.2, 0) is 4.79 Å². The van der Waals surface area contributed by atoms with Crippen molar-refractivity contribution in [3.63, 3.8) is 0 Å². The molecule has 1 saturated heterocycles. The highest BCUT2D eigenvalue weighted by Gasteiger charge is 2.09. The normalized spacial score (nSPS) is 15.1. The number of carbonyl (C=O) groups excluding carboxylic acids is 1. The van der Waals surface area contributed by atoms with E-state index in [4.69, 9.17) is 4.74 Å². The Bertz CT molecular complexity index is 425. The molecule has 0 aromatic heterocycles. The minimum absolute atomic E-state index is 0. The van der Waals surface area contributed by atoms with Gasteiger partial charge in [0.15, 0.2) is 6.61 Å². The lowest BCUT2D eigenvalue weighted by Gasteiger charge is -2.27. The molecule has 0 aliphatic carbocycles. The van der Waals surface area contributed by atoms with E-state index in [1.807, 2.05) is 24.3 Å². The van der Waals surface area contributed by atoms with Gasteiger partial charge in [-0.2, -0.15) is 0 Å². The maximum absolute atomic E-state index is 11.6. The Balaban J connectivity index is 0.00000220. The van der Waals surface area contributed by atoms with Crippen molar-refractivity contribution in [1.29, 1.82) is 0 Å². The van der Waals surface area contributed by atoms with Gasteiger partial charge in [-0.25, -0.2) is 0 Å². The number of ether oxygens (including phenoxy) is 1. The van der Waals surface area contributed by atoms with Crippen LogP contribution in [0.15, 0.2) is 28.7 Å². The molecule has 0 saturated carbocycles. The van der Waals surface area contributed by atoms with Crippen molar-refractivity contribution < 1.29 is 9.53 Å². The molecule has 7 heteroatoms. The lowest BCUT2D eigenvalue weighted by Crippen LogP contribution is -2.46. The van der Waals surface area contributed by atoms with E-state index in [1.54, 1.807) is 0 Å². The molecule has 1 aromatic rings. The van der Waals surface area contributed by atoms with Crippen LogP contribution in [0.3, 0.4) is 0 Å². The van der Waals surface area contributed by atoms with Gasteiger partial charge in [0.05, 0.1) is 0 Å². The van der Waals surface area contributed by atoms with Crippen LogP contribution in [0.4, 0.5) is 0 Å². The van der Waals surface area contributed by atoms with E-state index in [1.165, 1.54) is 0 Å².